The van der Waals surface area contributed by atoms with Gasteiger partial charge in [-0.15, -0.1) is 0 Å². The molecule has 0 aromatic heterocycles. The molecule has 34 heavy (non-hydrogen) atoms. The molecule has 1 N–H and O–H groups in total. The number of nitrogens with zero attached hydrogens (tertiary/aromatic N) is 1. The van der Waals surface area contributed by atoms with E-state index in [9.17, 15) is 9.59 Å². The monoisotopic (exact) mass is 454 g/mol. The summed E-state index contributed by atoms with van der Waals surface area (Å²) in [5.74, 6) is 0.839. The van der Waals surface area contributed by atoms with E-state index in [1.54, 1.807) is 55.6 Å². The number of esters is 1. The first-order valence-corrected chi connectivity index (χ1v) is 10.5. The Morgan fingerprint density at radius 1 is 0.853 bits per heavy atom. The van der Waals surface area contributed by atoms with Crippen LogP contribution in [0.2, 0.25) is 0 Å². The van der Waals surface area contributed by atoms with E-state index in [2.05, 4.69) is 10.5 Å². The Kier molecular flexibility index (Phi) is 7.15. The lowest BCUT2D eigenvalue weighted by atomic mass is 10.1. The molecule has 0 bridgehead atoms. The molecule has 0 aliphatic heterocycles. The van der Waals surface area contributed by atoms with Crippen LogP contribution in [-0.2, 0) is 4.79 Å². The third kappa shape index (κ3) is 5.77. The van der Waals surface area contributed by atoms with E-state index in [4.69, 9.17) is 14.2 Å². The van der Waals surface area contributed by atoms with Crippen LogP contribution in [0.15, 0.2) is 96.1 Å². The molecule has 7 heteroatoms. The van der Waals surface area contributed by atoms with Gasteiger partial charge in [0.15, 0.2) is 6.61 Å². The predicted octanol–water partition coefficient (Wildman–Crippen LogP) is 4.60. The van der Waals surface area contributed by atoms with Crippen LogP contribution in [0.3, 0.4) is 0 Å². The Labute approximate surface area is 196 Å². The van der Waals surface area contributed by atoms with E-state index in [-0.39, 0.29) is 12.5 Å². The number of amides is 1. The van der Waals surface area contributed by atoms with Crippen molar-refractivity contribution in [1.29, 1.82) is 0 Å². The van der Waals surface area contributed by atoms with Gasteiger partial charge >= 0.3 is 5.97 Å². The minimum Gasteiger partial charge on any atom is -0.497 e. The second kappa shape index (κ2) is 10.8. The molecule has 0 heterocycles. The fourth-order valence-corrected chi connectivity index (χ4v) is 3.19. The van der Waals surface area contributed by atoms with Gasteiger partial charge in [-0.25, -0.2) is 10.2 Å². The van der Waals surface area contributed by atoms with Gasteiger partial charge < -0.3 is 14.2 Å². The first-order chi connectivity index (χ1) is 16.6. The van der Waals surface area contributed by atoms with Crippen molar-refractivity contribution in [3.8, 4) is 17.2 Å². The number of nitrogens with one attached hydrogen (secondary N) is 1. The summed E-state index contributed by atoms with van der Waals surface area (Å²) in [6.07, 6.45) is 1.49. The zero-order valence-corrected chi connectivity index (χ0v) is 18.4. The Balaban J connectivity index is 1.26. The first-order valence-electron chi connectivity index (χ1n) is 10.5. The van der Waals surface area contributed by atoms with E-state index in [0.717, 1.165) is 16.3 Å². The van der Waals surface area contributed by atoms with Crippen molar-refractivity contribution in [3.05, 3.63) is 102 Å². The maximum Gasteiger partial charge on any atom is 0.343 e. The average Bonchev–Trinajstić information content (AvgIpc) is 2.88. The molecule has 0 aliphatic rings. The van der Waals surface area contributed by atoms with Crippen molar-refractivity contribution in [3.63, 3.8) is 0 Å². The Morgan fingerprint density at radius 3 is 2.32 bits per heavy atom. The molecule has 4 rings (SSSR count). The second-order valence-electron chi connectivity index (χ2n) is 7.25. The molecule has 0 aliphatic carbocycles. The third-order valence-electron chi connectivity index (χ3n) is 4.93. The summed E-state index contributed by atoms with van der Waals surface area (Å²) in [4.78, 5) is 24.3. The van der Waals surface area contributed by atoms with E-state index in [1.807, 2.05) is 42.5 Å². The lowest BCUT2D eigenvalue weighted by Gasteiger charge is -2.08. The third-order valence-corrected chi connectivity index (χ3v) is 4.93. The highest BCUT2D eigenvalue weighted by Gasteiger charge is 2.09. The van der Waals surface area contributed by atoms with Crippen molar-refractivity contribution in [2.24, 2.45) is 5.10 Å². The minimum atomic E-state index is -0.470. The number of ether oxygens (including phenoxy) is 3. The fraction of sp³-hybridized carbons (Fsp3) is 0.0741. The lowest BCUT2D eigenvalue weighted by molar-refractivity contribution is -0.123. The maximum atomic E-state index is 12.2. The predicted molar refractivity (Wildman–Crippen MR) is 130 cm³/mol. The molecule has 0 atom stereocenters. The topological polar surface area (TPSA) is 86.2 Å². The van der Waals surface area contributed by atoms with Gasteiger partial charge in [-0.2, -0.15) is 5.10 Å². The molecule has 0 unspecified atom stereocenters. The van der Waals surface area contributed by atoms with Crippen LogP contribution in [0, 0.1) is 0 Å². The molecule has 4 aromatic rings. The van der Waals surface area contributed by atoms with Crippen LogP contribution < -0.4 is 19.6 Å². The SMILES string of the molecule is COc1ccc(C(=O)Oc2ccc(/C=N/NC(=O)COc3cccc4ccccc34)cc2)cc1. The number of hydrogen-bond acceptors (Lipinski definition) is 6. The van der Waals surface area contributed by atoms with Crippen LogP contribution >= 0.6 is 0 Å². The second-order valence-corrected chi connectivity index (χ2v) is 7.25. The number of hydrogen-bond donors (Lipinski definition) is 1. The van der Waals surface area contributed by atoms with Crippen LogP contribution in [0.25, 0.3) is 10.8 Å². The lowest BCUT2D eigenvalue weighted by Crippen LogP contribution is -2.24. The summed E-state index contributed by atoms with van der Waals surface area (Å²) in [5, 5.41) is 5.92. The highest BCUT2D eigenvalue weighted by molar-refractivity contribution is 5.91. The Bertz CT molecular complexity index is 1310. The summed E-state index contributed by atoms with van der Waals surface area (Å²) in [6.45, 7) is -0.161. The summed E-state index contributed by atoms with van der Waals surface area (Å²) < 4.78 is 16.1. The Hall–Kier alpha value is -4.65. The standard InChI is InChI=1S/C27H22N2O5/c1-32-22-15-11-21(12-16-22)27(31)34-23-13-9-19(10-14-23)17-28-29-26(30)18-33-25-8-4-6-20-5-2-3-7-24(20)25/h2-17H,18H2,1H3,(H,29,30)/b28-17+. The van der Waals surface area contributed by atoms with E-state index < -0.39 is 5.97 Å². The number of carbonyl (C=O) groups excluding carboxylic acids is 2. The molecule has 1 amide bonds. The summed E-state index contributed by atoms with van der Waals surface area (Å²) in [6, 6.07) is 26.9. The van der Waals surface area contributed by atoms with E-state index in [1.165, 1.54) is 6.21 Å². The number of rotatable bonds is 8. The van der Waals surface area contributed by atoms with Crippen molar-refractivity contribution >= 4 is 28.9 Å². The van der Waals surface area contributed by atoms with Crippen molar-refractivity contribution < 1.29 is 23.8 Å². The van der Waals surface area contributed by atoms with Crippen LogP contribution in [0.5, 0.6) is 17.2 Å². The molecule has 7 nitrogen and oxygen atoms in total. The van der Waals surface area contributed by atoms with Gasteiger partial charge in [0.1, 0.15) is 17.2 Å². The number of fused-ring (bicyclic) bond motifs is 1. The molecule has 4 aromatic carbocycles. The van der Waals surface area contributed by atoms with Crippen LogP contribution in [-0.4, -0.2) is 31.8 Å². The van der Waals surface area contributed by atoms with Crippen LogP contribution in [0.4, 0.5) is 0 Å². The van der Waals surface area contributed by atoms with Gasteiger partial charge in [0, 0.05) is 5.39 Å². The van der Waals surface area contributed by atoms with Crippen molar-refractivity contribution in [2.75, 3.05) is 13.7 Å². The molecule has 0 saturated heterocycles. The van der Waals surface area contributed by atoms with Crippen LogP contribution in [0.1, 0.15) is 15.9 Å². The molecular weight excluding hydrogens is 432 g/mol. The Morgan fingerprint density at radius 2 is 1.56 bits per heavy atom. The molecule has 0 fully saturated rings. The normalized spacial score (nSPS) is 10.7. The quantitative estimate of drug-likeness (QED) is 0.182. The van der Waals surface area contributed by atoms with Crippen molar-refractivity contribution in [1.82, 2.24) is 5.43 Å². The maximum absolute atomic E-state index is 12.2. The summed E-state index contributed by atoms with van der Waals surface area (Å²) >= 11 is 0. The number of hydrazone groups is 1. The van der Waals surface area contributed by atoms with Gasteiger partial charge in [-0.05, 0) is 65.5 Å². The number of methoxy groups -OCH3 is 1. The van der Waals surface area contributed by atoms with E-state index in [0.29, 0.717) is 22.8 Å². The van der Waals surface area contributed by atoms with E-state index >= 15 is 0 Å². The van der Waals surface area contributed by atoms with Crippen molar-refractivity contribution in [2.45, 2.75) is 0 Å². The molecule has 170 valence electrons. The average molecular weight is 454 g/mol. The van der Waals surface area contributed by atoms with Gasteiger partial charge in [-0.3, -0.25) is 4.79 Å². The first kappa shape index (κ1) is 22.5. The smallest absolute Gasteiger partial charge is 0.343 e. The van der Waals surface area contributed by atoms with Gasteiger partial charge in [0.05, 0.1) is 18.9 Å². The summed E-state index contributed by atoms with van der Waals surface area (Å²) in [7, 11) is 1.56. The zero-order valence-electron chi connectivity index (χ0n) is 18.4. The fourth-order valence-electron chi connectivity index (χ4n) is 3.19. The zero-order chi connectivity index (χ0) is 23.8. The molecule has 0 spiro atoms. The molecule has 0 radical (unpaired) electrons. The minimum absolute atomic E-state index is 0.161. The van der Waals surface area contributed by atoms with Gasteiger partial charge in [0.25, 0.3) is 5.91 Å². The summed E-state index contributed by atoms with van der Waals surface area (Å²) in [5.41, 5.74) is 3.58. The molecular formula is C27H22N2O5. The largest absolute Gasteiger partial charge is 0.497 e. The van der Waals surface area contributed by atoms with Gasteiger partial charge in [0.2, 0.25) is 0 Å². The van der Waals surface area contributed by atoms with Gasteiger partial charge in [-0.1, -0.05) is 36.4 Å². The number of benzene rings is 4. The highest BCUT2D eigenvalue weighted by atomic mass is 16.5. The highest BCUT2D eigenvalue weighted by Crippen LogP contribution is 2.25. The number of carbonyl (C=O) groups is 2. The molecule has 0 saturated carbocycles.